The van der Waals surface area contributed by atoms with E-state index in [0.29, 0.717) is 34.7 Å². The highest BCUT2D eigenvalue weighted by atomic mass is 79.9. The number of nitrogens with one attached hydrogen (secondary N) is 1. The van der Waals surface area contributed by atoms with E-state index in [9.17, 15) is 4.79 Å². The molecule has 0 aliphatic rings. The Morgan fingerprint density at radius 2 is 1.71 bits per heavy atom. The van der Waals surface area contributed by atoms with Crippen LogP contribution in [0, 0.1) is 0 Å². The van der Waals surface area contributed by atoms with Crippen molar-refractivity contribution in [3.63, 3.8) is 0 Å². The Labute approximate surface area is 149 Å². The summed E-state index contributed by atoms with van der Waals surface area (Å²) >= 11 is 3.40. The molecule has 2 aromatic rings. The number of carbonyl (C=O) groups excluding carboxylic acids is 1. The van der Waals surface area contributed by atoms with Gasteiger partial charge in [-0.1, -0.05) is 25.3 Å². The van der Waals surface area contributed by atoms with Gasteiger partial charge in [-0.2, -0.15) is 0 Å². The van der Waals surface area contributed by atoms with Gasteiger partial charge in [0.25, 0.3) is 5.91 Å². The molecule has 0 heterocycles. The standard InChI is InChI=1S/C19H18BrNO3/c1-3-11-23-16-8-6-15(7-9-16)21-19(22)14-5-10-18(17(20)13-14)24-12-4-2/h3-10,13H,1-2,11-12H2,(H,21,22). The van der Waals surface area contributed by atoms with Gasteiger partial charge in [-0.15, -0.1) is 0 Å². The second kappa shape index (κ2) is 8.93. The zero-order valence-corrected chi connectivity index (χ0v) is 14.7. The minimum atomic E-state index is -0.203. The fourth-order valence-corrected chi connectivity index (χ4v) is 2.39. The molecule has 0 spiro atoms. The van der Waals surface area contributed by atoms with Gasteiger partial charge >= 0.3 is 0 Å². The first-order valence-corrected chi connectivity index (χ1v) is 8.11. The number of benzene rings is 2. The predicted molar refractivity (Wildman–Crippen MR) is 99.9 cm³/mol. The van der Waals surface area contributed by atoms with E-state index in [1.165, 1.54) is 0 Å². The van der Waals surface area contributed by atoms with Crippen molar-refractivity contribution in [3.8, 4) is 11.5 Å². The van der Waals surface area contributed by atoms with Gasteiger partial charge in [0.15, 0.2) is 0 Å². The first-order chi connectivity index (χ1) is 11.6. The van der Waals surface area contributed by atoms with E-state index >= 15 is 0 Å². The van der Waals surface area contributed by atoms with E-state index in [4.69, 9.17) is 9.47 Å². The van der Waals surface area contributed by atoms with Gasteiger partial charge < -0.3 is 14.8 Å². The molecule has 0 unspecified atom stereocenters. The maximum absolute atomic E-state index is 12.3. The molecule has 1 amide bonds. The highest BCUT2D eigenvalue weighted by Gasteiger charge is 2.09. The molecule has 0 saturated carbocycles. The quantitative estimate of drug-likeness (QED) is 0.659. The van der Waals surface area contributed by atoms with Gasteiger partial charge in [0, 0.05) is 11.3 Å². The van der Waals surface area contributed by atoms with Crippen LogP contribution in [-0.4, -0.2) is 19.1 Å². The lowest BCUT2D eigenvalue weighted by atomic mass is 10.2. The van der Waals surface area contributed by atoms with E-state index in [1.54, 1.807) is 54.6 Å². The minimum Gasteiger partial charge on any atom is -0.490 e. The molecule has 0 atom stereocenters. The Hall–Kier alpha value is -2.53. The molecule has 0 aliphatic carbocycles. The van der Waals surface area contributed by atoms with Crippen LogP contribution >= 0.6 is 15.9 Å². The Kier molecular flexibility index (Phi) is 6.63. The van der Waals surface area contributed by atoms with Gasteiger partial charge in [0.1, 0.15) is 24.7 Å². The summed E-state index contributed by atoms with van der Waals surface area (Å²) in [6.07, 6.45) is 3.34. The maximum Gasteiger partial charge on any atom is 0.255 e. The molecular formula is C19H18BrNO3. The topological polar surface area (TPSA) is 47.6 Å². The zero-order chi connectivity index (χ0) is 17.4. The van der Waals surface area contributed by atoms with E-state index < -0.39 is 0 Å². The molecule has 5 heteroatoms. The summed E-state index contributed by atoms with van der Waals surface area (Å²) in [5, 5.41) is 2.84. The third kappa shape index (κ3) is 4.99. The molecule has 2 aromatic carbocycles. The fourth-order valence-electron chi connectivity index (χ4n) is 1.90. The average Bonchev–Trinajstić information content (AvgIpc) is 2.60. The van der Waals surface area contributed by atoms with Crippen molar-refractivity contribution >= 4 is 27.5 Å². The largest absolute Gasteiger partial charge is 0.490 e. The van der Waals surface area contributed by atoms with Crippen molar-refractivity contribution in [2.45, 2.75) is 0 Å². The first kappa shape index (κ1) is 17.8. The lowest BCUT2D eigenvalue weighted by molar-refractivity contribution is 0.102. The van der Waals surface area contributed by atoms with Crippen LogP contribution in [0.2, 0.25) is 0 Å². The lowest BCUT2D eigenvalue weighted by Crippen LogP contribution is -2.12. The Bertz CT molecular complexity index is 726. The predicted octanol–water partition coefficient (Wildman–Crippen LogP) is 4.83. The monoisotopic (exact) mass is 387 g/mol. The Morgan fingerprint density at radius 1 is 1.04 bits per heavy atom. The lowest BCUT2D eigenvalue weighted by Gasteiger charge is -2.09. The number of rotatable bonds is 8. The van der Waals surface area contributed by atoms with Crippen molar-refractivity contribution in [2.24, 2.45) is 0 Å². The van der Waals surface area contributed by atoms with Gasteiger partial charge in [-0.3, -0.25) is 4.79 Å². The van der Waals surface area contributed by atoms with Crippen molar-refractivity contribution in [3.05, 3.63) is 77.8 Å². The van der Waals surface area contributed by atoms with E-state index in [1.807, 2.05) is 0 Å². The highest BCUT2D eigenvalue weighted by molar-refractivity contribution is 9.10. The molecule has 0 aliphatic heterocycles. The van der Waals surface area contributed by atoms with Crippen LogP contribution in [0.1, 0.15) is 10.4 Å². The number of hydrogen-bond donors (Lipinski definition) is 1. The number of halogens is 1. The maximum atomic E-state index is 12.3. The molecule has 0 bridgehead atoms. The summed E-state index contributed by atoms with van der Waals surface area (Å²) in [6.45, 7) is 8.05. The zero-order valence-electron chi connectivity index (χ0n) is 13.1. The van der Waals surface area contributed by atoms with Crippen LogP contribution in [-0.2, 0) is 0 Å². The summed E-state index contributed by atoms with van der Waals surface area (Å²) in [6, 6.07) is 12.3. The molecule has 124 valence electrons. The average molecular weight is 388 g/mol. The number of carbonyl (C=O) groups is 1. The van der Waals surface area contributed by atoms with Gasteiger partial charge in [0.05, 0.1) is 4.47 Å². The Balaban J connectivity index is 2.02. The number of anilines is 1. The van der Waals surface area contributed by atoms with Crippen molar-refractivity contribution in [1.29, 1.82) is 0 Å². The van der Waals surface area contributed by atoms with Crippen LogP contribution in [0.3, 0.4) is 0 Å². The molecule has 24 heavy (non-hydrogen) atoms. The second-order valence-corrected chi connectivity index (χ2v) is 5.68. The van der Waals surface area contributed by atoms with Crippen LogP contribution in [0.25, 0.3) is 0 Å². The van der Waals surface area contributed by atoms with Crippen LogP contribution in [0.4, 0.5) is 5.69 Å². The van der Waals surface area contributed by atoms with Gasteiger partial charge in [0.2, 0.25) is 0 Å². The summed E-state index contributed by atoms with van der Waals surface area (Å²) in [5.41, 5.74) is 1.22. The van der Waals surface area contributed by atoms with E-state index in [0.717, 1.165) is 5.75 Å². The molecule has 0 saturated heterocycles. The third-order valence-electron chi connectivity index (χ3n) is 3.03. The number of ether oxygens (including phenoxy) is 2. The van der Waals surface area contributed by atoms with Gasteiger partial charge in [-0.25, -0.2) is 0 Å². The Morgan fingerprint density at radius 3 is 2.33 bits per heavy atom. The third-order valence-corrected chi connectivity index (χ3v) is 3.65. The van der Waals surface area contributed by atoms with Crippen molar-refractivity contribution in [1.82, 2.24) is 0 Å². The summed E-state index contributed by atoms with van der Waals surface area (Å²) in [5.74, 6) is 1.18. The highest BCUT2D eigenvalue weighted by Crippen LogP contribution is 2.26. The summed E-state index contributed by atoms with van der Waals surface area (Å²) in [4.78, 5) is 12.3. The smallest absolute Gasteiger partial charge is 0.255 e. The van der Waals surface area contributed by atoms with Crippen molar-refractivity contribution < 1.29 is 14.3 Å². The molecular weight excluding hydrogens is 370 g/mol. The molecule has 4 nitrogen and oxygen atoms in total. The normalized spacial score (nSPS) is 9.88. The first-order valence-electron chi connectivity index (χ1n) is 7.32. The van der Waals surface area contributed by atoms with E-state index in [-0.39, 0.29) is 5.91 Å². The van der Waals surface area contributed by atoms with E-state index in [2.05, 4.69) is 34.4 Å². The summed E-state index contributed by atoms with van der Waals surface area (Å²) in [7, 11) is 0. The fraction of sp³-hybridized carbons (Fsp3) is 0.105. The minimum absolute atomic E-state index is 0.203. The number of amides is 1. The molecule has 0 radical (unpaired) electrons. The van der Waals surface area contributed by atoms with Crippen LogP contribution in [0.15, 0.2) is 72.2 Å². The molecule has 2 rings (SSSR count). The molecule has 1 N–H and O–H groups in total. The van der Waals surface area contributed by atoms with Crippen LogP contribution < -0.4 is 14.8 Å². The summed E-state index contributed by atoms with van der Waals surface area (Å²) < 4.78 is 11.6. The molecule has 0 fully saturated rings. The van der Waals surface area contributed by atoms with Crippen molar-refractivity contribution in [2.75, 3.05) is 18.5 Å². The second-order valence-electron chi connectivity index (χ2n) is 4.82. The SMILES string of the molecule is C=CCOc1ccc(NC(=O)c2ccc(OCC=C)c(Br)c2)cc1. The van der Waals surface area contributed by atoms with Gasteiger partial charge in [-0.05, 0) is 58.4 Å². The molecule has 0 aromatic heterocycles. The number of hydrogen-bond acceptors (Lipinski definition) is 3. The van der Waals surface area contributed by atoms with Crippen LogP contribution in [0.5, 0.6) is 11.5 Å².